The molecule has 138 valence electrons. The van der Waals surface area contributed by atoms with E-state index in [-0.39, 0.29) is 54.8 Å². The van der Waals surface area contributed by atoms with Gasteiger partial charge in [-0.15, -0.1) is 24.0 Å². The lowest BCUT2D eigenvalue weighted by molar-refractivity contribution is -0.124. The van der Waals surface area contributed by atoms with Crippen molar-refractivity contribution in [1.29, 1.82) is 0 Å². The van der Waals surface area contributed by atoms with Crippen LogP contribution in [0.25, 0.3) is 0 Å². The Hall–Kier alpha value is -1.91. The van der Waals surface area contributed by atoms with Gasteiger partial charge in [0.2, 0.25) is 5.91 Å². The summed E-state index contributed by atoms with van der Waals surface area (Å²) in [6.45, 7) is 3.82. The van der Waals surface area contributed by atoms with Crippen LogP contribution in [0, 0.1) is 5.82 Å². The van der Waals surface area contributed by atoms with E-state index in [1.54, 1.807) is 12.1 Å². The number of urea groups is 1. The van der Waals surface area contributed by atoms with E-state index in [9.17, 15) is 14.0 Å². The number of amides is 3. The standard InChI is InChI=1S/C16H22FN5O2.HI/c1-3-18-15(19-8-9-22-14(23)10-20-16(22)24)21(2)11-12-4-6-13(17)7-5-12;/h4-7H,3,8-11H2,1-2H3,(H,18,19)(H,20,24);1H. The van der Waals surface area contributed by atoms with E-state index in [2.05, 4.69) is 15.6 Å². The van der Waals surface area contributed by atoms with E-state index >= 15 is 0 Å². The van der Waals surface area contributed by atoms with Gasteiger partial charge in [0.25, 0.3) is 0 Å². The van der Waals surface area contributed by atoms with Crippen LogP contribution in [-0.4, -0.2) is 60.9 Å². The van der Waals surface area contributed by atoms with Crippen LogP contribution < -0.4 is 10.6 Å². The Morgan fingerprint density at radius 1 is 1.36 bits per heavy atom. The van der Waals surface area contributed by atoms with Gasteiger partial charge in [0, 0.05) is 20.1 Å². The average molecular weight is 463 g/mol. The van der Waals surface area contributed by atoms with Gasteiger partial charge in [-0.1, -0.05) is 12.1 Å². The third-order valence-corrected chi connectivity index (χ3v) is 3.55. The van der Waals surface area contributed by atoms with Crippen LogP contribution in [0.15, 0.2) is 29.3 Å². The molecule has 1 saturated heterocycles. The molecule has 3 amide bonds. The third kappa shape index (κ3) is 6.15. The summed E-state index contributed by atoms with van der Waals surface area (Å²) in [6.07, 6.45) is 0. The number of benzene rings is 1. The zero-order valence-electron chi connectivity index (χ0n) is 14.3. The first-order valence-corrected chi connectivity index (χ1v) is 7.83. The van der Waals surface area contributed by atoms with Crippen molar-refractivity contribution in [3.8, 4) is 0 Å². The number of aliphatic imine (C=N–C) groups is 1. The maximum Gasteiger partial charge on any atom is 0.324 e. The lowest BCUT2D eigenvalue weighted by atomic mass is 10.2. The number of carbonyl (C=O) groups is 2. The van der Waals surface area contributed by atoms with E-state index < -0.39 is 0 Å². The van der Waals surface area contributed by atoms with E-state index in [0.29, 0.717) is 25.6 Å². The van der Waals surface area contributed by atoms with E-state index in [4.69, 9.17) is 0 Å². The van der Waals surface area contributed by atoms with Crippen LogP contribution in [-0.2, 0) is 11.3 Å². The molecule has 1 fully saturated rings. The Kier molecular flexibility index (Phi) is 8.59. The van der Waals surface area contributed by atoms with Gasteiger partial charge in [-0.2, -0.15) is 0 Å². The molecule has 0 radical (unpaired) electrons. The minimum Gasteiger partial charge on any atom is -0.357 e. The van der Waals surface area contributed by atoms with Crippen molar-refractivity contribution in [2.75, 3.05) is 33.2 Å². The Labute approximate surface area is 163 Å². The van der Waals surface area contributed by atoms with Crippen molar-refractivity contribution in [1.82, 2.24) is 20.4 Å². The van der Waals surface area contributed by atoms with Gasteiger partial charge in [-0.25, -0.2) is 9.18 Å². The van der Waals surface area contributed by atoms with Gasteiger partial charge in [0.05, 0.1) is 19.6 Å². The fraction of sp³-hybridized carbons (Fsp3) is 0.438. The van der Waals surface area contributed by atoms with Crippen LogP contribution in [0.2, 0.25) is 0 Å². The molecule has 1 aliphatic rings. The summed E-state index contributed by atoms with van der Waals surface area (Å²) in [7, 11) is 1.87. The number of carbonyl (C=O) groups excluding carboxylic acids is 2. The molecule has 0 spiro atoms. The molecule has 2 N–H and O–H groups in total. The molecule has 1 aromatic carbocycles. The molecule has 0 bridgehead atoms. The van der Waals surface area contributed by atoms with E-state index in [1.165, 1.54) is 12.1 Å². The highest BCUT2D eigenvalue weighted by Gasteiger charge is 2.27. The zero-order valence-corrected chi connectivity index (χ0v) is 16.6. The second kappa shape index (κ2) is 10.2. The molecule has 2 rings (SSSR count). The van der Waals surface area contributed by atoms with Crippen molar-refractivity contribution in [3.63, 3.8) is 0 Å². The fourth-order valence-electron chi connectivity index (χ4n) is 2.35. The molecule has 7 nitrogen and oxygen atoms in total. The van der Waals surface area contributed by atoms with Crippen LogP contribution in [0.3, 0.4) is 0 Å². The molecule has 1 aliphatic heterocycles. The minimum atomic E-state index is -0.375. The molecule has 9 heteroatoms. The van der Waals surface area contributed by atoms with Crippen molar-refractivity contribution in [2.24, 2.45) is 4.99 Å². The summed E-state index contributed by atoms with van der Waals surface area (Å²) in [5, 5.41) is 5.63. The van der Waals surface area contributed by atoms with Crippen LogP contribution >= 0.6 is 24.0 Å². The molecule has 25 heavy (non-hydrogen) atoms. The van der Waals surface area contributed by atoms with Gasteiger partial charge in [-0.05, 0) is 24.6 Å². The predicted octanol–water partition coefficient (Wildman–Crippen LogP) is 1.39. The SMILES string of the molecule is CCNC(=NCCN1C(=O)CNC1=O)N(C)Cc1ccc(F)cc1.I. The van der Waals surface area contributed by atoms with Gasteiger partial charge in [0.1, 0.15) is 5.82 Å². The molecule has 1 heterocycles. The Morgan fingerprint density at radius 3 is 2.60 bits per heavy atom. The summed E-state index contributed by atoms with van der Waals surface area (Å²) >= 11 is 0. The largest absolute Gasteiger partial charge is 0.357 e. The van der Waals surface area contributed by atoms with Gasteiger partial charge < -0.3 is 15.5 Å². The number of rotatable bonds is 6. The van der Waals surface area contributed by atoms with Gasteiger partial charge >= 0.3 is 6.03 Å². The van der Waals surface area contributed by atoms with Gasteiger partial charge in [-0.3, -0.25) is 14.7 Å². The summed E-state index contributed by atoms with van der Waals surface area (Å²) in [5.41, 5.74) is 0.957. The van der Waals surface area contributed by atoms with Crippen LogP contribution in [0.4, 0.5) is 9.18 Å². The van der Waals surface area contributed by atoms with Crippen LogP contribution in [0.1, 0.15) is 12.5 Å². The number of imide groups is 1. The van der Waals surface area contributed by atoms with E-state index in [0.717, 1.165) is 10.5 Å². The molecule has 1 aromatic rings. The first-order valence-electron chi connectivity index (χ1n) is 7.83. The van der Waals surface area contributed by atoms with Crippen molar-refractivity contribution in [2.45, 2.75) is 13.5 Å². The first kappa shape index (κ1) is 21.1. The second-order valence-electron chi connectivity index (χ2n) is 5.42. The third-order valence-electron chi connectivity index (χ3n) is 3.55. The number of halogens is 2. The second-order valence-corrected chi connectivity index (χ2v) is 5.42. The van der Waals surface area contributed by atoms with Gasteiger partial charge in [0.15, 0.2) is 5.96 Å². The normalized spacial score (nSPS) is 14.2. The summed E-state index contributed by atoms with van der Waals surface area (Å²) in [4.78, 5) is 30.5. The van der Waals surface area contributed by atoms with E-state index in [1.807, 2.05) is 18.9 Å². The molecule has 0 unspecified atom stereocenters. The molecule has 0 saturated carbocycles. The lowest BCUT2D eigenvalue weighted by Gasteiger charge is -2.22. The molecule has 0 aromatic heterocycles. The monoisotopic (exact) mass is 463 g/mol. The number of hydrogen-bond donors (Lipinski definition) is 2. The van der Waals surface area contributed by atoms with Crippen LogP contribution in [0.5, 0.6) is 0 Å². The Balaban J connectivity index is 0.00000312. The highest BCUT2D eigenvalue weighted by Crippen LogP contribution is 2.06. The molecule has 0 atom stereocenters. The maximum absolute atomic E-state index is 13.0. The first-order chi connectivity index (χ1) is 11.5. The highest BCUT2D eigenvalue weighted by molar-refractivity contribution is 14.0. The highest BCUT2D eigenvalue weighted by atomic mass is 127. The molecular formula is C16H23FIN5O2. The fourth-order valence-corrected chi connectivity index (χ4v) is 2.35. The summed E-state index contributed by atoms with van der Waals surface area (Å²) in [6, 6.07) is 5.92. The Morgan fingerprint density at radius 2 is 2.04 bits per heavy atom. The van der Waals surface area contributed by atoms with Crippen molar-refractivity contribution >= 4 is 41.9 Å². The molecule has 0 aliphatic carbocycles. The van der Waals surface area contributed by atoms with Crippen molar-refractivity contribution < 1.29 is 14.0 Å². The summed E-state index contributed by atoms with van der Waals surface area (Å²) in [5.74, 6) is 0.157. The Bertz CT molecular complexity index is 607. The quantitative estimate of drug-likeness (QED) is 0.290. The predicted molar refractivity (Wildman–Crippen MR) is 104 cm³/mol. The topological polar surface area (TPSA) is 77.0 Å². The number of hydrogen-bond acceptors (Lipinski definition) is 3. The smallest absolute Gasteiger partial charge is 0.324 e. The molecular weight excluding hydrogens is 440 g/mol. The number of guanidine groups is 1. The number of nitrogens with one attached hydrogen (secondary N) is 2. The zero-order chi connectivity index (χ0) is 17.5. The lowest BCUT2D eigenvalue weighted by Crippen LogP contribution is -2.39. The minimum absolute atomic E-state index is 0. The van der Waals surface area contributed by atoms with Crippen molar-refractivity contribution in [3.05, 3.63) is 35.6 Å². The number of nitrogens with zero attached hydrogens (tertiary/aromatic N) is 3. The average Bonchev–Trinajstić information content (AvgIpc) is 2.88. The summed E-state index contributed by atoms with van der Waals surface area (Å²) < 4.78 is 13.0. The maximum atomic E-state index is 13.0.